The first-order valence-corrected chi connectivity index (χ1v) is 9.69. The Hall–Kier alpha value is -0.300. The number of unbranched alkanes of at least 4 members (excludes halogenated alkanes) is 10. The van der Waals surface area contributed by atoms with E-state index in [-0.39, 0.29) is 0 Å². The van der Waals surface area contributed by atoms with Crippen LogP contribution in [0.2, 0.25) is 0 Å². The van der Waals surface area contributed by atoms with Crippen LogP contribution in [-0.2, 0) is 4.74 Å². The van der Waals surface area contributed by atoms with Crippen molar-refractivity contribution in [3.8, 4) is 0 Å². The fourth-order valence-corrected chi connectivity index (χ4v) is 2.98. The Labute approximate surface area is 133 Å². The van der Waals surface area contributed by atoms with E-state index in [1.165, 1.54) is 83.5 Å². The number of rotatable bonds is 15. The van der Waals surface area contributed by atoms with Crippen LogP contribution in [0, 0.1) is 0 Å². The molecule has 0 bridgehead atoms. The van der Waals surface area contributed by atoms with Crippen molar-refractivity contribution in [2.75, 3.05) is 0 Å². The van der Waals surface area contributed by atoms with Gasteiger partial charge < -0.3 is 4.74 Å². The molecule has 1 heteroatoms. The summed E-state index contributed by atoms with van der Waals surface area (Å²) >= 11 is 0. The number of hydrogen-bond acceptors (Lipinski definition) is 1. The molecule has 0 radical (unpaired) electrons. The first kappa shape index (κ1) is 18.7. The standard InChI is InChI=1S/C20H38O/c1-3-5-7-9-11-12-14-16-18-20-19(21-20)17-15-13-10-8-6-4-2/h13,15,19-20H,3-12,14,16-18H2,1-2H3/b15-13-/t19-,20-/m1/s1. The van der Waals surface area contributed by atoms with Gasteiger partial charge in [0.15, 0.2) is 0 Å². The van der Waals surface area contributed by atoms with Crippen LogP contribution < -0.4 is 0 Å². The summed E-state index contributed by atoms with van der Waals surface area (Å²) < 4.78 is 5.75. The maximum atomic E-state index is 5.75. The molecule has 0 aromatic rings. The monoisotopic (exact) mass is 294 g/mol. The zero-order valence-electron chi connectivity index (χ0n) is 14.6. The molecular weight excluding hydrogens is 256 g/mol. The predicted octanol–water partition coefficient (Wildman–Crippen LogP) is 6.81. The molecule has 1 aliphatic rings. The fourth-order valence-electron chi connectivity index (χ4n) is 2.98. The minimum absolute atomic E-state index is 0.553. The highest BCUT2D eigenvalue weighted by Crippen LogP contribution is 2.30. The zero-order valence-corrected chi connectivity index (χ0v) is 14.6. The molecule has 1 nitrogen and oxygen atoms in total. The molecule has 0 amide bonds. The topological polar surface area (TPSA) is 12.5 Å². The van der Waals surface area contributed by atoms with Crippen LogP contribution in [0.15, 0.2) is 12.2 Å². The minimum Gasteiger partial charge on any atom is -0.369 e. The van der Waals surface area contributed by atoms with Crippen molar-refractivity contribution < 1.29 is 4.74 Å². The predicted molar refractivity (Wildman–Crippen MR) is 93.8 cm³/mol. The highest BCUT2D eigenvalue weighted by molar-refractivity contribution is 4.93. The summed E-state index contributed by atoms with van der Waals surface area (Å²) in [6.45, 7) is 4.55. The van der Waals surface area contributed by atoms with Gasteiger partial charge in [0, 0.05) is 0 Å². The van der Waals surface area contributed by atoms with Crippen molar-refractivity contribution in [1.29, 1.82) is 0 Å². The molecule has 1 saturated heterocycles. The third kappa shape index (κ3) is 11.0. The van der Waals surface area contributed by atoms with E-state index in [0.717, 1.165) is 6.42 Å². The van der Waals surface area contributed by atoms with Crippen molar-refractivity contribution >= 4 is 0 Å². The maximum Gasteiger partial charge on any atom is 0.0876 e. The Morgan fingerprint density at radius 3 is 2.00 bits per heavy atom. The van der Waals surface area contributed by atoms with Gasteiger partial charge in [-0.05, 0) is 25.7 Å². The van der Waals surface area contributed by atoms with Gasteiger partial charge in [-0.2, -0.15) is 0 Å². The van der Waals surface area contributed by atoms with Crippen LogP contribution in [0.4, 0.5) is 0 Å². The lowest BCUT2D eigenvalue weighted by molar-refractivity contribution is 0.358. The van der Waals surface area contributed by atoms with E-state index in [2.05, 4.69) is 26.0 Å². The largest absolute Gasteiger partial charge is 0.369 e. The summed E-state index contributed by atoms with van der Waals surface area (Å²) in [7, 11) is 0. The molecular formula is C20H38O. The summed E-state index contributed by atoms with van der Waals surface area (Å²) in [5.41, 5.74) is 0. The highest BCUT2D eigenvalue weighted by atomic mass is 16.6. The van der Waals surface area contributed by atoms with Crippen molar-refractivity contribution in [3.05, 3.63) is 12.2 Å². The number of epoxide rings is 1. The van der Waals surface area contributed by atoms with E-state index < -0.39 is 0 Å². The van der Waals surface area contributed by atoms with Gasteiger partial charge in [0.2, 0.25) is 0 Å². The molecule has 0 unspecified atom stereocenters. The summed E-state index contributed by atoms with van der Waals surface area (Å²) in [6, 6.07) is 0. The zero-order chi connectivity index (χ0) is 15.2. The maximum absolute atomic E-state index is 5.75. The molecule has 21 heavy (non-hydrogen) atoms. The van der Waals surface area contributed by atoms with Crippen molar-refractivity contribution in [1.82, 2.24) is 0 Å². The molecule has 0 aromatic heterocycles. The van der Waals surface area contributed by atoms with Crippen LogP contribution in [0.25, 0.3) is 0 Å². The van der Waals surface area contributed by atoms with Gasteiger partial charge in [0.25, 0.3) is 0 Å². The van der Waals surface area contributed by atoms with Gasteiger partial charge in [0.05, 0.1) is 12.2 Å². The summed E-state index contributed by atoms with van der Waals surface area (Å²) in [6.07, 6.45) is 24.9. The van der Waals surface area contributed by atoms with Crippen molar-refractivity contribution in [2.24, 2.45) is 0 Å². The van der Waals surface area contributed by atoms with Crippen molar-refractivity contribution in [3.63, 3.8) is 0 Å². The third-order valence-electron chi connectivity index (χ3n) is 4.54. The molecule has 0 saturated carbocycles. The van der Waals surface area contributed by atoms with Crippen LogP contribution in [0.5, 0.6) is 0 Å². The van der Waals surface area contributed by atoms with Gasteiger partial charge in [-0.25, -0.2) is 0 Å². The normalized spacial score (nSPS) is 21.2. The van der Waals surface area contributed by atoms with E-state index in [4.69, 9.17) is 4.74 Å². The van der Waals surface area contributed by atoms with Gasteiger partial charge in [-0.3, -0.25) is 0 Å². The molecule has 0 N–H and O–H groups in total. The highest BCUT2D eigenvalue weighted by Gasteiger charge is 2.36. The Balaban J connectivity index is 1.80. The van der Waals surface area contributed by atoms with Crippen LogP contribution in [0.1, 0.15) is 104 Å². The van der Waals surface area contributed by atoms with E-state index >= 15 is 0 Å². The van der Waals surface area contributed by atoms with Crippen LogP contribution in [-0.4, -0.2) is 12.2 Å². The lowest BCUT2D eigenvalue weighted by Crippen LogP contribution is -1.93. The molecule has 0 spiro atoms. The van der Waals surface area contributed by atoms with E-state index in [1.54, 1.807) is 0 Å². The van der Waals surface area contributed by atoms with Gasteiger partial charge in [-0.15, -0.1) is 0 Å². The quantitative estimate of drug-likeness (QED) is 0.183. The number of allylic oxidation sites excluding steroid dienone is 1. The second-order valence-electron chi connectivity index (χ2n) is 6.68. The Kier molecular flexibility index (Phi) is 11.9. The molecule has 1 fully saturated rings. The second kappa shape index (κ2) is 13.4. The first-order chi connectivity index (χ1) is 10.4. The van der Waals surface area contributed by atoms with Gasteiger partial charge in [-0.1, -0.05) is 90.2 Å². The lowest BCUT2D eigenvalue weighted by atomic mass is 10.1. The minimum atomic E-state index is 0.553. The molecule has 0 aromatic carbocycles. The molecule has 1 heterocycles. The summed E-state index contributed by atoms with van der Waals surface area (Å²) in [5, 5.41) is 0. The second-order valence-corrected chi connectivity index (χ2v) is 6.68. The smallest absolute Gasteiger partial charge is 0.0876 e. The molecule has 2 atom stereocenters. The van der Waals surface area contributed by atoms with Crippen LogP contribution in [0.3, 0.4) is 0 Å². The average molecular weight is 295 g/mol. The van der Waals surface area contributed by atoms with E-state index in [0.29, 0.717) is 12.2 Å². The third-order valence-corrected chi connectivity index (χ3v) is 4.54. The van der Waals surface area contributed by atoms with Gasteiger partial charge in [0.1, 0.15) is 0 Å². The van der Waals surface area contributed by atoms with E-state index in [1.807, 2.05) is 0 Å². The summed E-state index contributed by atoms with van der Waals surface area (Å²) in [5.74, 6) is 0. The molecule has 1 aliphatic heterocycles. The lowest BCUT2D eigenvalue weighted by Gasteiger charge is -2.00. The van der Waals surface area contributed by atoms with E-state index in [9.17, 15) is 0 Å². The van der Waals surface area contributed by atoms with Gasteiger partial charge >= 0.3 is 0 Å². The number of ether oxygens (including phenoxy) is 1. The van der Waals surface area contributed by atoms with Crippen LogP contribution >= 0.6 is 0 Å². The summed E-state index contributed by atoms with van der Waals surface area (Å²) in [4.78, 5) is 0. The Morgan fingerprint density at radius 1 is 0.667 bits per heavy atom. The Bertz CT molecular complexity index is 246. The average Bonchev–Trinajstić information content (AvgIpc) is 3.24. The van der Waals surface area contributed by atoms with Crippen molar-refractivity contribution in [2.45, 2.75) is 116 Å². The Morgan fingerprint density at radius 2 is 1.29 bits per heavy atom. The fraction of sp³-hybridized carbons (Fsp3) is 0.900. The SMILES string of the molecule is CCCCC/C=C\C[C@H]1O[C@@H]1CCCCCCCCCC. The number of hydrogen-bond donors (Lipinski definition) is 0. The molecule has 124 valence electrons. The molecule has 1 rings (SSSR count). The first-order valence-electron chi connectivity index (χ1n) is 9.69. The molecule has 0 aliphatic carbocycles.